The third kappa shape index (κ3) is 3.83. The molecule has 0 saturated carbocycles. The Labute approximate surface area is 161 Å². The van der Waals surface area contributed by atoms with E-state index in [1.54, 1.807) is 24.3 Å². The molecule has 9 heteroatoms. The van der Waals surface area contributed by atoms with E-state index in [0.29, 0.717) is 31.9 Å². The smallest absolute Gasteiger partial charge is 0.258 e. The molecule has 0 radical (unpaired) electrons. The molecule has 0 amide bonds. The van der Waals surface area contributed by atoms with E-state index >= 15 is 0 Å². The summed E-state index contributed by atoms with van der Waals surface area (Å²) in [5, 5.41) is 12.0. The van der Waals surface area contributed by atoms with Crippen LogP contribution in [0.2, 0.25) is 0 Å². The first kappa shape index (κ1) is 17.6. The summed E-state index contributed by atoms with van der Waals surface area (Å²) >= 11 is 2.74. The number of benzene rings is 2. The number of rotatable bonds is 5. The highest BCUT2D eigenvalue weighted by molar-refractivity contribution is 8.01. The maximum Gasteiger partial charge on any atom is 0.258 e. The van der Waals surface area contributed by atoms with Crippen LogP contribution in [0.3, 0.4) is 0 Å². The number of thioether (sulfide) groups is 1. The third-order valence-electron chi connectivity index (χ3n) is 3.82. The monoisotopic (exact) mass is 399 g/mol. The van der Waals surface area contributed by atoms with E-state index in [1.807, 2.05) is 25.1 Å². The van der Waals surface area contributed by atoms with Crippen molar-refractivity contribution in [2.24, 2.45) is 0 Å². The van der Waals surface area contributed by atoms with Crippen molar-refractivity contribution < 1.29 is 4.39 Å². The molecular formula is C18H14FN5OS2. The third-order valence-corrected chi connectivity index (χ3v) is 5.85. The highest BCUT2D eigenvalue weighted by atomic mass is 32.2. The molecule has 0 aliphatic rings. The summed E-state index contributed by atoms with van der Waals surface area (Å²) in [5.41, 5.74) is 0.837. The Morgan fingerprint density at radius 1 is 1.15 bits per heavy atom. The molecule has 0 aliphatic heterocycles. The Morgan fingerprint density at radius 2 is 1.93 bits per heavy atom. The number of aromatic nitrogens is 4. The number of anilines is 2. The van der Waals surface area contributed by atoms with Crippen LogP contribution in [-0.2, 0) is 0 Å². The molecule has 4 aromatic rings. The van der Waals surface area contributed by atoms with E-state index in [9.17, 15) is 9.18 Å². The number of hydrogen-bond acceptors (Lipinski definition) is 7. The minimum atomic E-state index is -0.354. The quantitative estimate of drug-likeness (QED) is 0.481. The molecule has 27 heavy (non-hydrogen) atoms. The van der Waals surface area contributed by atoms with Crippen molar-refractivity contribution in [1.29, 1.82) is 0 Å². The fraction of sp³-hybridized carbons (Fsp3) is 0.111. The molecule has 0 bridgehead atoms. The number of halogens is 1. The first-order valence-corrected chi connectivity index (χ1v) is 9.80. The van der Waals surface area contributed by atoms with Crippen LogP contribution in [0.5, 0.6) is 0 Å². The molecule has 0 fully saturated rings. The van der Waals surface area contributed by atoms with Crippen LogP contribution in [0.25, 0.3) is 10.9 Å². The average molecular weight is 399 g/mol. The zero-order chi connectivity index (χ0) is 18.8. The Hall–Kier alpha value is -2.78. The maximum absolute atomic E-state index is 13.7. The summed E-state index contributed by atoms with van der Waals surface area (Å²) in [6.07, 6.45) is 0. The van der Waals surface area contributed by atoms with E-state index < -0.39 is 0 Å². The predicted octanol–water partition coefficient (Wildman–Crippen LogP) is 4.51. The van der Waals surface area contributed by atoms with E-state index in [0.717, 1.165) is 0 Å². The predicted molar refractivity (Wildman–Crippen MR) is 106 cm³/mol. The van der Waals surface area contributed by atoms with Gasteiger partial charge in [0.2, 0.25) is 5.13 Å². The van der Waals surface area contributed by atoms with Crippen LogP contribution < -0.4 is 10.9 Å². The molecular weight excluding hydrogens is 385 g/mol. The van der Waals surface area contributed by atoms with Gasteiger partial charge < -0.3 is 10.3 Å². The van der Waals surface area contributed by atoms with Crippen molar-refractivity contribution >= 4 is 44.8 Å². The Kier molecular flexibility index (Phi) is 4.87. The number of nitrogens with zero attached hydrogens (tertiary/aromatic N) is 3. The van der Waals surface area contributed by atoms with Gasteiger partial charge in [0.15, 0.2) is 4.34 Å². The van der Waals surface area contributed by atoms with Crippen LogP contribution in [0.4, 0.5) is 15.2 Å². The summed E-state index contributed by atoms with van der Waals surface area (Å²) in [6, 6.07) is 13.6. The van der Waals surface area contributed by atoms with Gasteiger partial charge in [-0.3, -0.25) is 4.79 Å². The number of hydrogen-bond donors (Lipinski definition) is 2. The highest BCUT2D eigenvalue weighted by Crippen LogP contribution is 2.36. The molecule has 136 valence electrons. The number of aromatic amines is 1. The van der Waals surface area contributed by atoms with Gasteiger partial charge in [0, 0.05) is 0 Å². The van der Waals surface area contributed by atoms with Crippen molar-refractivity contribution in [2.75, 3.05) is 5.32 Å². The fourth-order valence-corrected chi connectivity index (χ4v) is 4.46. The second-order valence-electron chi connectivity index (χ2n) is 5.71. The first-order chi connectivity index (χ1) is 13.1. The lowest BCUT2D eigenvalue weighted by atomic mass is 10.2. The second-order valence-corrected chi connectivity index (χ2v) is 8.27. The largest absolute Gasteiger partial charge is 0.328 e. The van der Waals surface area contributed by atoms with Gasteiger partial charge in [-0.1, -0.05) is 47.4 Å². The number of nitrogens with one attached hydrogen (secondary N) is 2. The molecule has 0 unspecified atom stereocenters. The van der Waals surface area contributed by atoms with Gasteiger partial charge in [-0.15, -0.1) is 10.2 Å². The lowest BCUT2D eigenvalue weighted by Gasteiger charge is -2.08. The van der Waals surface area contributed by atoms with E-state index in [-0.39, 0.29) is 16.6 Å². The van der Waals surface area contributed by atoms with E-state index in [1.165, 1.54) is 29.2 Å². The normalized spacial score (nSPS) is 12.2. The van der Waals surface area contributed by atoms with Gasteiger partial charge in [0.25, 0.3) is 5.56 Å². The Bertz CT molecular complexity index is 1160. The van der Waals surface area contributed by atoms with Crippen molar-refractivity contribution in [1.82, 2.24) is 20.2 Å². The topological polar surface area (TPSA) is 83.6 Å². The molecule has 2 aromatic heterocycles. The lowest BCUT2D eigenvalue weighted by molar-refractivity contribution is 0.632. The van der Waals surface area contributed by atoms with Crippen molar-refractivity contribution in [2.45, 2.75) is 16.5 Å². The maximum atomic E-state index is 13.7. The van der Waals surface area contributed by atoms with Crippen LogP contribution >= 0.6 is 23.1 Å². The molecule has 6 nitrogen and oxygen atoms in total. The molecule has 4 rings (SSSR count). The van der Waals surface area contributed by atoms with E-state index in [2.05, 4.69) is 25.5 Å². The molecule has 0 aliphatic carbocycles. The van der Waals surface area contributed by atoms with Crippen LogP contribution in [0.15, 0.2) is 57.7 Å². The molecule has 0 spiro atoms. The molecule has 2 aromatic carbocycles. The number of H-pyrrole nitrogens is 1. The van der Waals surface area contributed by atoms with Crippen molar-refractivity contribution in [3.8, 4) is 0 Å². The number of para-hydroxylation sites is 2. The Morgan fingerprint density at radius 3 is 2.78 bits per heavy atom. The summed E-state index contributed by atoms with van der Waals surface area (Å²) in [4.78, 5) is 19.6. The fourth-order valence-electron chi connectivity index (χ4n) is 2.49. The summed E-state index contributed by atoms with van der Waals surface area (Å²) in [5.74, 6) is 0.218. The number of fused-ring (bicyclic) bond motifs is 1. The minimum Gasteiger partial charge on any atom is -0.328 e. The highest BCUT2D eigenvalue weighted by Gasteiger charge is 2.15. The minimum absolute atomic E-state index is 0.128. The molecule has 2 heterocycles. The van der Waals surface area contributed by atoms with Crippen LogP contribution in [-0.4, -0.2) is 20.2 Å². The summed E-state index contributed by atoms with van der Waals surface area (Å²) in [6.45, 7) is 1.93. The average Bonchev–Trinajstić information content (AvgIpc) is 3.10. The molecule has 1 atom stereocenters. The van der Waals surface area contributed by atoms with E-state index in [4.69, 9.17) is 0 Å². The molecule has 2 N–H and O–H groups in total. The van der Waals surface area contributed by atoms with Gasteiger partial charge >= 0.3 is 0 Å². The zero-order valence-electron chi connectivity index (χ0n) is 14.1. The lowest BCUT2D eigenvalue weighted by Crippen LogP contribution is -2.12. The SMILES string of the molecule is C[C@@H](Sc1nnc(Nc2ccccc2F)s1)c1nc2ccccc2c(=O)[nH]1. The Balaban J connectivity index is 1.52. The summed E-state index contributed by atoms with van der Waals surface area (Å²) < 4.78 is 14.4. The van der Waals surface area contributed by atoms with Crippen molar-refractivity contribution in [3.63, 3.8) is 0 Å². The van der Waals surface area contributed by atoms with Gasteiger partial charge in [-0.2, -0.15) is 0 Å². The van der Waals surface area contributed by atoms with Gasteiger partial charge in [-0.25, -0.2) is 9.37 Å². The first-order valence-electron chi connectivity index (χ1n) is 8.11. The van der Waals surface area contributed by atoms with Crippen LogP contribution in [0, 0.1) is 5.82 Å². The van der Waals surface area contributed by atoms with Gasteiger partial charge in [-0.05, 0) is 31.2 Å². The van der Waals surface area contributed by atoms with Crippen molar-refractivity contribution in [3.05, 3.63) is 70.5 Å². The summed E-state index contributed by atoms with van der Waals surface area (Å²) in [7, 11) is 0. The van der Waals surface area contributed by atoms with Gasteiger partial charge in [0.1, 0.15) is 11.6 Å². The zero-order valence-corrected chi connectivity index (χ0v) is 15.8. The van der Waals surface area contributed by atoms with Gasteiger partial charge in [0.05, 0.1) is 21.8 Å². The molecule has 0 saturated heterocycles. The standard InChI is InChI=1S/C18H14FN5OS2/c1-10(15-20-13-8-4-2-6-11(13)16(25)22-15)26-18-24-23-17(27-18)21-14-9-5-3-7-12(14)19/h2-10H,1H3,(H,21,23)(H,20,22,25)/t10-/m1/s1. The van der Waals surface area contributed by atoms with Crippen LogP contribution in [0.1, 0.15) is 18.0 Å². The second kappa shape index (κ2) is 7.45.